The molecule has 0 fully saturated rings. The highest BCUT2D eigenvalue weighted by atomic mass is 32.2. The van der Waals surface area contributed by atoms with Crippen LogP contribution in [0.4, 0.5) is 5.69 Å². The van der Waals surface area contributed by atoms with E-state index in [0.29, 0.717) is 0 Å². The molecule has 2 aliphatic rings. The van der Waals surface area contributed by atoms with Crippen LogP contribution in [0.2, 0.25) is 0 Å². The first-order valence-electron chi connectivity index (χ1n) is 7.78. The van der Waals surface area contributed by atoms with Crippen LogP contribution in [-0.2, 0) is 0 Å². The Morgan fingerprint density at radius 3 is 1.60 bits per heavy atom. The number of benzene rings is 3. The molecule has 0 spiro atoms. The van der Waals surface area contributed by atoms with Crippen LogP contribution in [0.3, 0.4) is 0 Å². The topological polar surface area (TPSA) is 26.0 Å². The summed E-state index contributed by atoms with van der Waals surface area (Å²) in [5, 5.41) is 16.4. The molecule has 3 aromatic rings. The van der Waals surface area contributed by atoms with E-state index in [-0.39, 0.29) is 0 Å². The van der Waals surface area contributed by atoms with Gasteiger partial charge in [-0.3, -0.25) is 0 Å². The fourth-order valence-electron chi connectivity index (χ4n) is 3.29. The van der Waals surface area contributed by atoms with Gasteiger partial charge in [0.2, 0.25) is 0 Å². The lowest BCUT2D eigenvalue weighted by Gasteiger charge is -2.11. The molecule has 5 heteroatoms. The smallest absolute Gasteiger partial charge is 0.0571 e. The first-order valence-corrected chi connectivity index (χ1v) is 11.3. The standard InChI is InChI=1S/C20H13NS4/c21-12-5-6-15-16(11-12)18(20-24-9-10-25-20)14-4-2-1-3-13(14)17(15)19-22-7-8-23-19/h1-11H,21H2. The van der Waals surface area contributed by atoms with E-state index in [2.05, 4.69) is 58.0 Å². The lowest BCUT2D eigenvalue weighted by molar-refractivity contribution is 1.68. The fraction of sp³-hybridized carbons (Fsp3) is 0. The largest absolute Gasteiger partial charge is 0.399 e. The maximum absolute atomic E-state index is 6.17. The first-order chi connectivity index (χ1) is 12.3. The van der Waals surface area contributed by atoms with Gasteiger partial charge in [-0.1, -0.05) is 77.4 Å². The van der Waals surface area contributed by atoms with Gasteiger partial charge in [0.15, 0.2) is 0 Å². The second kappa shape index (κ2) is 6.40. The SMILES string of the molecule is Nc1ccc2c(=C3SC=CS3)c3ccccc3c(=C3SC=CS3)c2c1. The maximum Gasteiger partial charge on any atom is 0.0571 e. The van der Waals surface area contributed by atoms with Crippen LogP contribution in [0.1, 0.15) is 0 Å². The molecule has 0 unspecified atom stereocenters. The van der Waals surface area contributed by atoms with E-state index < -0.39 is 0 Å². The highest BCUT2D eigenvalue weighted by molar-refractivity contribution is 8.35. The van der Waals surface area contributed by atoms with E-state index in [1.54, 1.807) is 47.0 Å². The number of nitrogen functional groups attached to an aromatic ring is 1. The lowest BCUT2D eigenvalue weighted by atomic mass is 9.98. The Bertz CT molecular complexity index is 1190. The molecule has 0 bridgehead atoms. The summed E-state index contributed by atoms with van der Waals surface area (Å²) in [7, 11) is 0. The third-order valence-electron chi connectivity index (χ3n) is 4.27. The van der Waals surface area contributed by atoms with Crippen LogP contribution in [0.15, 0.2) is 64.1 Å². The van der Waals surface area contributed by atoms with E-state index in [4.69, 9.17) is 5.73 Å². The molecule has 2 heterocycles. The molecule has 0 saturated heterocycles. The summed E-state index contributed by atoms with van der Waals surface area (Å²) in [6.07, 6.45) is 0. The average molecular weight is 396 g/mol. The van der Waals surface area contributed by atoms with Gasteiger partial charge in [-0.05, 0) is 55.3 Å². The molecule has 1 nitrogen and oxygen atoms in total. The summed E-state index contributed by atoms with van der Waals surface area (Å²) in [6.45, 7) is 0. The van der Waals surface area contributed by atoms with Crippen LogP contribution in [-0.4, -0.2) is 0 Å². The van der Waals surface area contributed by atoms with Gasteiger partial charge in [-0.15, -0.1) is 0 Å². The highest BCUT2D eigenvalue weighted by Gasteiger charge is 2.15. The number of nitrogens with two attached hydrogens (primary N) is 1. The summed E-state index contributed by atoms with van der Waals surface area (Å²) in [5.74, 6) is 0. The van der Waals surface area contributed by atoms with Crippen molar-refractivity contribution in [1.29, 1.82) is 0 Å². The molecule has 2 aliphatic heterocycles. The van der Waals surface area contributed by atoms with Gasteiger partial charge in [0.05, 0.1) is 8.47 Å². The van der Waals surface area contributed by atoms with Gasteiger partial charge in [-0.2, -0.15) is 0 Å². The molecule has 25 heavy (non-hydrogen) atoms. The van der Waals surface area contributed by atoms with Gasteiger partial charge in [0.1, 0.15) is 0 Å². The Labute approximate surface area is 162 Å². The van der Waals surface area contributed by atoms with Gasteiger partial charge < -0.3 is 5.73 Å². The summed E-state index contributed by atoms with van der Waals surface area (Å²) >= 11 is 7.21. The van der Waals surface area contributed by atoms with Crippen molar-refractivity contribution in [3.8, 4) is 0 Å². The molecule has 122 valence electrons. The minimum Gasteiger partial charge on any atom is -0.399 e. The highest BCUT2D eigenvalue weighted by Crippen LogP contribution is 2.41. The van der Waals surface area contributed by atoms with E-state index in [1.165, 1.54) is 40.5 Å². The van der Waals surface area contributed by atoms with Crippen molar-refractivity contribution in [3.05, 3.63) is 74.5 Å². The second-order valence-corrected chi connectivity index (χ2v) is 9.87. The molecule has 0 saturated carbocycles. The molecule has 0 radical (unpaired) electrons. The Balaban J connectivity index is 2.12. The number of hydrogen-bond donors (Lipinski definition) is 1. The summed E-state index contributed by atoms with van der Waals surface area (Å²) in [6, 6.07) is 15.1. The van der Waals surface area contributed by atoms with Gasteiger partial charge in [-0.25, -0.2) is 0 Å². The van der Waals surface area contributed by atoms with E-state index in [9.17, 15) is 0 Å². The number of anilines is 1. The molecule has 5 rings (SSSR count). The zero-order chi connectivity index (χ0) is 16.8. The van der Waals surface area contributed by atoms with Crippen LogP contribution in [0.25, 0.3) is 30.0 Å². The van der Waals surface area contributed by atoms with Crippen molar-refractivity contribution in [1.82, 2.24) is 0 Å². The summed E-state index contributed by atoms with van der Waals surface area (Å²) < 4.78 is 2.67. The molecule has 0 aromatic heterocycles. The fourth-order valence-corrected chi connectivity index (χ4v) is 7.13. The Morgan fingerprint density at radius 1 is 0.560 bits per heavy atom. The Morgan fingerprint density at radius 2 is 1.04 bits per heavy atom. The van der Waals surface area contributed by atoms with Gasteiger partial charge >= 0.3 is 0 Å². The normalized spacial score (nSPS) is 16.6. The van der Waals surface area contributed by atoms with Crippen LogP contribution in [0.5, 0.6) is 0 Å². The minimum atomic E-state index is 0.811. The van der Waals surface area contributed by atoms with E-state index >= 15 is 0 Å². The predicted molar refractivity (Wildman–Crippen MR) is 121 cm³/mol. The summed E-state index contributed by atoms with van der Waals surface area (Å²) in [4.78, 5) is 0. The van der Waals surface area contributed by atoms with Gasteiger partial charge in [0, 0.05) is 16.1 Å². The van der Waals surface area contributed by atoms with Crippen molar-refractivity contribution >= 4 is 82.8 Å². The Kier molecular flexibility index (Phi) is 4.05. The van der Waals surface area contributed by atoms with E-state index in [0.717, 1.165) is 5.69 Å². The maximum atomic E-state index is 6.17. The molecule has 0 atom stereocenters. The predicted octanol–water partition coefficient (Wildman–Crippen LogP) is 5.61. The van der Waals surface area contributed by atoms with Crippen LogP contribution >= 0.6 is 47.0 Å². The molecular weight excluding hydrogens is 382 g/mol. The third kappa shape index (κ3) is 2.61. The number of hydrogen-bond acceptors (Lipinski definition) is 5. The number of thioether (sulfide) groups is 4. The van der Waals surface area contributed by atoms with Crippen molar-refractivity contribution < 1.29 is 0 Å². The number of rotatable bonds is 0. The Hall–Kier alpha value is -1.40. The third-order valence-corrected chi connectivity index (χ3v) is 8.53. The van der Waals surface area contributed by atoms with Gasteiger partial charge in [0.25, 0.3) is 0 Å². The molecule has 2 N–H and O–H groups in total. The summed E-state index contributed by atoms with van der Waals surface area (Å²) in [5.41, 5.74) is 6.98. The zero-order valence-corrected chi connectivity index (χ0v) is 16.3. The molecule has 0 amide bonds. The lowest BCUT2D eigenvalue weighted by Crippen LogP contribution is -2.17. The average Bonchev–Trinajstić information content (AvgIpc) is 3.33. The van der Waals surface area contributed by atoms with Crippen LogP contribution < -0.4 is 16.2 Å². The zero-order valence-electron chi connectivity index (χ0n) is 13.1. The van der Waals surface area contributed by atoms with Crippen LogP contribution in [0, 0.1) is 0 Å². The first kappa shape index (κ1) is 15.8. The number of fused-ring (bicyclic) bond motifs is 2. The van der Waals surface area contributed by atoms with Crippen molar-refractivity contribution in [2.24, 2.45) is 0 Å². The second-order valence-electron chi connectivity index (χ2n) is 5.69. The quantitative estimate of drug-likeness (QED) is 0.394. The van der Waals surface area contributed by atoms with E-state index in [1.807, 2.05) is 6.07 Å². The van der Waals surface area contributed by atoms with Crippen molar-refractivity contribution in [2.75, 3.05) is 5.73 Å². The monoisotopic (exact) mass is 395 g/mol. The van der Waals surface area contributed by atoms with Crippen molar-refractivity contribution in [3.63, 3.8) is 0 Å². The molecular formula is C20H13NS4. The molecule has 3 aromatic carbocycles. The molecule has 0 aliphatic carbocycles. The minimum absolute atomic E-state index is 0.811. The van der Waals surface area contributed by atoms with Crippen molar-refractivity contribution in [2.45, 2.75) is 0 Å².